The normalized spacial score (nSPS) is 16.0. The Morgan fingerprint density at radius 2 is 2.06 bits per heavy atom. The smallest absolute Gasteiger partial charge is 0.134 e. The summed E-state index contributed by atoms with van der Waals surface area (Å²) in [6, 6.07) is 0. The maximum absolute atomic E-state index is 4.36. The van der Waals surface area contributed by atoms with Gasteiger partial charge in [-0.25, -0.2) is 4.98 Å². The molecule has 0 fully saturated rings. The summed E-state index contributed by atoms with van der Waals surface area (Å²) < 4.78 is 4.42. The molecule has 18 heavy (non-hydrogen) atoms. The summed E-state index contributed by atoms with van der Waals surface area (Å²) in [5.41, 5.74) is 0. The van der Waals surface area contributed by atoms with Crippen molar-refractivity contribution in [2.24, 2.45) is 0 Å². The van der Waals surface area contributed by atoms with Gasteiger partial charge >= 0.3 is 0 Å². The van der Waals surface area contributed by atoms with Gasteiger partial charge in [0.1, 0.15) is 11.6 Å². The van der Waals surface area contributed by atoms with Crippen LogP contribution in [0.5, 0.6) is 0 Å². The molecule has 0 radical (unpaired) electrons. The second-order valence-electron chi connectivity index (χ2n) is 4.90. The first-order chi connectivity index (χ1) is 8.93. The highest BCUT2D eigenvalue weighted by atomic mass is 15.3. The molecule has 0 bridgehead atoms. The number of nitrogens with zero attached hydrogens (tertiary/aromatic N) is 5. The molecule has 0 amide bonds. The maximum Gasteiger partial charge on any atom is 0.134 e. The number of hydrogen-bond donors (Lipinski definition) is 0. The van der Waals surface area contributed by atoms with Crippen molar-refractivity contribution in [2.75, 3.05) is 0 Å². The predicted octanol–water partition coefficient (Wildman–Crippen LogP) is 1.83. The van der Waals surface area contributed by atoms with Crippen LogP contribution in [0.3, 0.4) is 0 Å². The van der Waals surface area contributed by atoms with Gasteiger partial charge in [0, 0.05) is 38.3 Å². The fourth-order valence-corrected chi connectivity index (χ4v) is 2.56. The Balaban J connectivity index is 1.72. The van der Waals surface area contributed by atoms with E-state index in [1.165, 1.54) is 31.5 Å². The summed E-state index contributed by atoms with van der Waals surface area (Å²) in [4.78, 5) is 4.06. The lowest BCUT2D eigenvalue weighted by molar-refractivity contribution is 0.499. The lowest BCUT2D eigenvalue weighted by Gasteiger charge is -2.13. The van der Waals surface area contributed by atoms with Gasteiger partial charge in [-0.3, -0.25) is 0 Å². The van der Waals surface area contributed by atoms with E-state index < -0.39 is 0 Å². The Hall–Kier alpha value is -1.65. The van der Waals surface area contributed by atoms with Crippen molar-refractivity contribution in [3.8, 4) is 0 Å². The van der Waals surface area contributed by atoms with Crippen LogP contribution >= 0.6 is 0 Å². The first-order valence-electron chi connectivity index (χ1n) is 6.80. The van der Waals surface area contributed by atoms with E-state index in [0.29, 0.717) is 0 Å². The number of imidazole rings is 1. The average Bonchev–Trinajstić information content (AvgIpc) is 2.96. The van der Waals surface area contributed by atoms with Gasteiger partial charge in [-0.05, 0) is 12.8 Å². The Morgan fingerprint density at radius 3 is 2.94 bits per heavy atom. The van der Waals surface area contributed by atoms with Crippen molar-refractivity contribution in [3.05, 3.63) is 30.4 Å². The Kier molecular flexibility index (Phi) is 3.39. The summed E-state index contributed by atoms with van der Waals surface area (Å²) in [7, 11) is 0. The largest absolute Gasteiger partial charge is 0.337 e. The predicted molar refractivity (Wildman–Crippen MR) is 68.1 cm³/mol. The molecular weight excluding hydrogens is 226 g/mol. The van der Waals surface area contributed by atoms with Crippen molar-refractivity contribution >= 4 is 0 Å². The van der Waals surface area contributed by atoms with E-state index in [4.69, 9.17) is 0 Å². The number of rotatable bonds is 3. The third-order valence-electron chi connectivity index (χ3n) is 3.59. The van der Waals surface area contributed by atoms with E-state index in [-0.39, 0.29) is 0 Å². The minimum atomic E-state index is 0.929. The van der Waals surface area contributed by atoms with Crippen LogP contribution in [0, 0.1) is 0 Å². The molecule has 0 aromatic carbocycles. The monoisotopic (exact) mass is 245 g/mol. The van der Waals surface area contributed by atoms with Gasteiger partial charge < -0.3 is 9.13 Å². The van der Waals surface area contributed by atoms with E-state index in [1.54, 1.807) is 0 Å². The van der Waals surface area contributed by atoms with Gasteiger partial charge in [-0.15, -0.1) is 10.2 Å². The molecule has 5 heteroatoms. The fraction of sp³-hybridized carbons (Fsp3) is 0.615. The number of aryl methyl sites for hydroxylation is 3. The highest BCUT2D eigenvalue weighted by Crippen LogP contribution is 2.15. The van der Waals surface area contributed by atoms with Crippen LogP contribution in [-0.4, -0.2) is 24.3 Å². The standard InChI is InChI=1S/C13H19N5/c1-2-4-8-18-12(5-3-1)15-16-13(18)6-9-17-10-7-14-11-17/h7,10-11H,1-6,8-9H2. The molecule has 2 aromatic rings. The molecule has 1 aliphatic heterocycles. The quantitative estimate of drug-likeness (QED) is 0.829. The second-order valence-corrected chi connectivity index (χ2v) is 4.90. The van der Waals surface area contributed by atoms with Crippen LogP contribution in [0.25, 0.3) is 0 Å². The molecule has 0 N–H and O–H groups in total. The van der Waals surface area contributed by atoms with Gasteiger partial charge in [-0.2, -0.15) is 0 Å². The third kappa shape index (κ3) is 2.44. The van der Waals surface area contributed by atoms with Crippen molar-refractivity contribution < 1.29 is 0 Å². The molecule has 0 spiro atoms. The second kappa shape index (κ2) is 5.33. The van der Waals surface area contributed by atoms with Gasteiger partial charge in [-0.1, -0.05) is 12.8 Å². The average molecular weight is 245 g/mol. The molecule has 2 aromatic heterocycles. The number of aromatic nitrogens is 5. The van der Waals surface area contributed by atoms with E-state index in [0.717, 1.165) is 31.8 Å². The van der Waals surface area contributed by atoms with Crippen molar-refractivity contribution in [3.63, 3.8) is 0 Å². The lowest BCUT2D eigenvalue weighted by Crippen LogP contribution is -2.12. The molecule has 0 saturated carbocycles. The van der Waals surface area contributed by atoms with Crippen LogP contribution < -0.4 is 0 Å². The number of hydrogen-bond acceptors (Lipinski definition) is 3. The maximum atomic E-state index is 4.36. The van der Waals surface area contributed by atoms with Gasteiger partial charge in [0.25, 0.3) is 0 Å². The lowest BCUT2D eigenvalue weighted by atomic mass is 10.1. The Bertz CT molecular complexity index is 485. The van der Waals surface area contributed by atoms with Crippen LogP contribution in [0.4, 0.5) is 0 Å². The first kappa shape index (κ1) is 11.4. The topological polar surface area (TPSA) is 48.5 Å². The fourth-order valence-electron chi connectivity index (χ4n) is 2.56. The van der Waals surface area contributed by atoms with E-state index in [1.807, 2.05) is 18.7 Å². The van der Waals surface area contributed by atoms with Crippen molar-refractivity contribution in [1.82, 2.24) is 24.3 Å². The third-order valence-corrected chi connectivity index (χ3v) is 3.59. The summed E-state index contributed by atoms with van der Waals surface area (Å²) in [6.07, 6.45) is 12.8. The molecule has 0 atom stereocenters. The van der Waals surface area contributed by atoms with E-state index in [2.05, 4.69) is 24.3 Å². The Labute approximate surface area is 107 Å². The first-order valence-corrected chi connectivity index (χ1v) is 6.80. The highest BCUT2D eigenvalue weighted by Gasteiger charge is 2.13. The molecule has 5 nitrogen and oxygen atoms in total. The van der Waals surface area contributed by atoms with E-state index >= 15 is 0 Å². The molecule has 0 saturated heterocycles. The SMILES string of the molecule is c1cn(CCc2nnc3n2CCCCCC3)cn1. The minimum Gasteiger partial charge on any atom is -0.337 e. The summed E-state index contributed by atoms with van der Waals surface area (Å²) >= 11 is 0. The van der Waals surface area contributed by atoms with E-state index in [9.17, 15) is 0 Å². The van der Waals surface area contributed by atoms with Crippen molar-refractivity contribution in [2.45, 2.75) is 51.6 Å². The van der Waals surface area contributed by atoms with Crippen LogP contribution in [0.15, 0.2) is 18.7 Å². The van der Waals surface area contributed by atoms with Crippen molar-refractivity contribution in [1.29, 1.82) is 0 Å². The summed E-state index contributed by atoms with van der Waals surface area (Å²) in [5.74, 6) is 2.30. The summed E-state index contributed by atoms with van der Waals surface area (Å²) in [5, 5.41) is 8.71. The van der Waals surface area contributed by atoms with Crippen LogP contribution in [-0.2, 0) is 25.9 Å². The molecule has 3 rings (SSSR count). The number of fused-ring (bicyclic) bond motifs is 1. The molecule has 96 valence electrons. The highest BCUT2D eigenvalue weighted by molar-refractivity contribution is 4.97. The molecule has 3 heterocycles. The molecule has 1 aliphatic rings. The van der Waals surface area contributed by atoms with Crippen LogP contribution in [0.1, 0.15) is 37.3 Å². The van der Waals surface area contributed by atoms with Crippen LogP contribution in [0.2, 0.25) is 0 Å². The Morgan fingerprint density at radius 1 is 1.11 bits per heavy atom. The molecule has 0 unspecified atom stereocenters. The van der Waals surface area contributed by atoms with Gasteiger partial charge in [0.05, 0.1) is 6.33 Å². The zero-order valence-corrected chi connectivity index (χ0v) is 10.6. The zero-order valence-electron chi connectivity index (χ0n) is 10.6. The molecular formula is C13H19N5. The zero-order chi connectivity index (χ0) is 12.2. The minimum absolute atomic E-state index is 0.929. The molecule has 0 aliphatic carbocycles. The van der Waals surface area contributed by atoms with Gasteiger partial charge in [0.2, 0.25) is 0 Å². The summed E-state index contributed by atoms with van der Waals surface area (Å²) in [6.45, 7) is 2.01. The van der Waals surface area contributed by atoms with Gasteiger partial charge in [0.15, 0.2) is 0 Å².